The van der Waals surface area contributed by atoms with E-state index in [1.807, 2.05) is 32.2 Å². The summed E-state index contributed by atoms with van der Waals surface area (Å²) in [5.74, 6) is 0.618. The van der Waals surface area contributed by atoms with Gasteiger partial charge in [0.2, 0.25) is 0 Å². The fourth-order valence-electron chi connectivity index (χ4n) is 2.08. The lowest BCUT2D eigenvalue weighted by molar-refractivity contribution is 0.409. The molecule has 0 saturated carbocycles. The summed E-state index contributed by atoms with van der Waals surface area (Å²) in [6.45, 7) is 3.92. The van der Waals surface area contributed by atoms with E-state index in [1.54, 1.807) is 7.11 Å². The molecule has 0 aliphatic heterocycles. The lowest BCUT2D eigenvalue weighted by Gasteiger charge is -2.13. The second kappa shape index (κ2) is 3.90. The molecule has 1 atom stereocenters. The summed E-state index contributed by atoms with van der Waals surface area (Å²) >= 11 is 0. The van der Waals surface area contributed by atoms with Gasteiger partial charge in [0.05, 0.1) is 19.1 Å². The Labute approximate surface area is 94.7 Å². The van der Waals surface area contributed by atoms with E-state index in [4.69, 9.17) is 10.00 Å². The normalized spacial score (nSPS) is 12.4. The van der Waals surface area contributed by atoms with Crippen LogP contribution in [0.5, 0.6) is 5.75 Å². The Hall–Kier alpha value is -1.95. The molecule has 0 amide bonds. The van der Waals surface area contributed by atoms with Crippen molar-refractivity contribution in [2.24, 2.45) is 0 Å². The summed E-state index contributed by atoms with van der Waals surface area (Å²) in [4.78, 5) is 3.19. The van der Waals surface area contributed by atoms with E-state index in [2.05, 4.69) is 11.1 Å². The number of nitriles is 1. The largest absolute Gasteiger partial charge is 0.496 e. The number of methoxy groups -OCH3 is 1. The first-order chi connectivity index (χ1) is 7.69. The van der Waals surface area contributed by atoms with Crippen LogP contribution in [0.25, 0.3) is 10.9 Å². The Bertz CT molecular complexity index is 563. The monoisotopic (exact) mass is 214 g/mol. The molecule has 0 aliphatic carbocycles. The number of benzene rings is 1. The first-order valence-corrected chi connectivity index (χ1v) is 5.23. The third-order valence-electron chi connectivity index (χ3n) is 2.89. The number of hydrogen-bond donors (Lipinski definition) is 1. The number of H-pyrrole nitrogens is 1. The minimum Gasteiger partial charge on any atom is -0.496 e. The zero-order valence-corrected chi connectivity index (χ0v) is 9.66. The number of rotatable bonds is 2. The van der Waals surface area contributed by atoms with E-state index in [-0.39, 0.29) is 5.92 Å². The highest BCUT2D eigenvalue weighted by molar-refractivity contribution is 5.89. The highest BCUT2D eigenvalue weighted by Crippen LogP contribution is 2.35. The molecule has 3 nitrogen and oxygen atoms in total. The third-order valence-corrected chi connectivity index (χ3v) is 2.89. The Morgan fingerprint density at radius 2 is 2.25 bits per heavy atom. The molecule has 1 aromatic carbocycles. The van der Waals surface area contributed by atoms with Gasteiger partial charge < -0.3 is 9.72 Å². The predicted molar refractivity (Wildman–Crippen MR) is 63.6 cm³/mol. The smallest absolute Gasteiger partial charge is 0.124 e. The van der Waals surface area contributed by atoms with Crippen molar-refractivity contribution >= 4 is 10.9 Å². The number of aromatic amines is 1. The van der Waals surface area contributed by atoms with Crippen molar-refractivity contribution in [3.05, 3.63) is 29.5 Å². The number of aryl methyl sites for hydroxylation is 1. The molecule has 1 unspecified atom stereocenters. The fourth-order valence-corrected chi connectivity index (χ4v) is 2.08. The molecule has 16 heavy (non-hydrogen) atoms. The molecule has 2 rings (SSSR count). The standard InChI is InChI=1S/C13H14N2O/c1-8-6-11(16-3)12(9(2)7-14)10-4-5-15-13(8)10/h4-6,9,15H,1-3H3. The van der Waals surface area contributed by atoms with E-state index in [0.717, 1.165) is 27.8 Å². The number of fused-ring (bicyclic) bond motifs is 1. The van der Waals surface area contributed by atoms with Crippen molar-refractivity contribution in [3.63, 3.8) is 0 Å². The van der Waals surface area contributed by atoms with Crippen molar-refractivity contribution in [2.45, 2.75) is 19.8 Å². The van der Waals surface area contributed by atoms with Crippen LogP contribution in [0.3, 0.4) is 0 Å². The van der Waals surface area contributed by atoms with Crippen molar-refractivity contribution in [3.8, 4) is 11.8 Å². The molecule has 1 aromatic heterocycles. The topological polar surface area (TPSA) is 48.8 Å². The van der Waals surface area contributed by atoms with Crippen LogP contribution in [0.1, 0.15) is 24.0 Å². The van der Waals surface area contributed by atoms with Gasteiger partial charge in [-0.25, -0.2) is 0 Å². The van der Waals surface area contributed by atoms with E-state index >= 15 is 0 Å². The fraction of sp³-hybridized carbons (Fsp3) is 0.308. The zero-order chi connectivity index (χ0) is 11.7. The Balaban J connectivity index is 2.82. The summed E-state index contributed by atoms with van der Waals surface area (Å²) in [6, 6.07) is 6.23. The summed E-state index contributed by atoms with van der Waals surface area (Å²) in [6.07, 6.45) is 1.89. The van der Waals surface area contributed by atoms with Gasteiger partial charge >= 0.3 is 0 Å². The number of nitrogens with zero attached hydrogens (tertiary/aromatic N) is 1. The van der Waals surface area contributed by atoms with Crippen LogP contribution in [0.4, 0.5) is 0 Å². The molecule has 82 valence electrons. The zero-order valence-electron chi connectivity index (χ0n) is 9.66. The molecule has 0 spiro atoms. The van der Waals surface area contributed by atoms with Gasteiger partial charge in [0.15, 0.2) is 0 Å². The van der Waals surface area contributed by atoms with Crippen molar-refractivity contribution in [2.75, 3.05) is 7.11 Å². The lowest BCUT2D eigenvalue weighted by atomic mass is 9.95. The van der Waals surface area contributed by atoms with Gasteiger partial charge in [-0.3, -0.25) is 0 Å². The molecule has 0 saturated heterocycles. The van der Waals surface area contributed by atoms with Crippen molar-refractivity contribution in [1.82, 2.24) is 4.98 Å². The highest BCUT2D eigenvalue weighted by Gasteiger charge is 2.16. The predicted octanol–water partition coefficient (Wildman–Crippen LogP) is 3.11. The lowest BCUT2D eigenvalue weighted by Crippen LogP contribution is -1.97. The molecular weight excluding hydrogens is 200 g/mol. The van der Waals surface area contributed by atoms with Gasteiger partial charge in [0.1, 0.15) is 5.75 Å². The number of aromatic nitrogens is 1. The van der Waals surface area contributed by atoms with Gasteiger partial charge in [0, 0.05) is 22.7 Å². The van der Waals surface area contributed by atoms with Crippen LogP contribution in [-0.4, -0.2) is 12.1 Å². The molecular formula is C13H14N2O. The maximum absolute atomic E-state index is 9.06. The molecule has 0 fully saturated rings. The molecule has 3 heteroatoms. The van der Waals surface area contributed by atoms with Gasteiger partial charge in [-0.15, -0.1) is 0 Å². The minimum atomic E-state index is -0.172. The Morgan fingerprint density at radius 3 is 2.88 bits per heavy atom. The third kappa shape index (κ3) is 1.43. The van der Waals surface area contributed by atoms with E-state index in [1.165, 1.54) is 0 Å². The highest BCUT2D eigenvalue weighted by atomic mass is 16.5. The average Bonchev–Trinajstić information content (AvgIpc) is 2.77. The van der Waals surface area contributed by atoms with Crippen LogP contribution >= 0.6 is 0 Å². The maximum atomic E-state index is 9.06. The van der Waals surface area contributed by atoms with Crippen LogP contribution in [0.2, 0.25) is 0 Å². The van der Waals surface area contributed by atoms with E-state index < -0.39 is 0 Å². The molecule has 2 aromatic rings. The van der Waals surface area contributed by atoms with Gasteiger partial charge in [-0.05, 0) is 31.5 Å². The number of hydrogen-bond acceptors (Lipinski definition) is 2. The second-order valence-electron chi connectivity index (χ2n) is 3.93. The molecule has 1 heterocycles. The maximum Gasteiger partial charge on any atom is 0.124 e. The van der Waals surface area contributed by atoms with Gasteiger partial charge in [-0.1, -0.05) is 0 Å². The van der Waals surface area contributed by atoms with Crippen LogP contribution in [0, 0.1) is 18.3 Å². The summed E-state index contributed by atoms with van der Waals surface area (Å²) < 4.78 is 5.36. The van der Waals surface area contributed by atoms with Gasteiger partial charge in [0.25, 0.3) is 0 Å². The van der Waals surface area contributed by atoms with E-state index in [0.29, 0.717) is 0 Å². The molecule has 0 bridgehead atoms. The Kier molecular flexibility index (Phi) is 2.57. The van der Waals surface area contributed by atoms with Gasteiger partial charge in [-0.2, -0.15) is 5.26 Å². The van der Waals surface area contributed by atoms with Crippen LogP contribution in [-0.2, 0) is 0 Å². The molecule has 0 radical (unpaired) electrons. The summed E-state index contributed by atoms with van der Waals surface area (Å²) in [5.41, 5.74) is 3.18. The quantitative estimate of drug-likeness (QED) is 0.835. The first-order valence-electron chi connectivity index (χ1n) is 5.23. The van der Waals surface area contributed by atoms with E-state index in [9.17, 15) is 0 Å². The average molecular weight is 214 g/mol. The van der Waals surface area contributed by atoms with Crippen molar-refractivity contribution < 1.29 is 4.74 Å². The molecule has 1 N–H and O–H groups in total. The van der Waals surface area contributed by atoms with Crippen LogP contribution < -0.4 is 4.74 Å². The minimum absolute atomic E-state index is 0.172. The summed E-state index contributed by atoms with van der Waals surface area (Å²) in [7, 11) is 1.64. The second-order valence-corrected chi connectivity index (χ2v) is 3.93. The SMILES string of the molecule is COc1cc(C)c2[nH]ccc2c1C(C)C#N. The first kappa shape index (κ1) is 10.6. The summed E-state index contributed by atoms with van der Waals surface area (Å²) in [5, 5.41) is 10.1. The Morgan fingerprint density at radius 1 is 1.50 bits per heavy atom. The molecule has 0 aliphatic rings. The van der Waals surface area contributed by atoms with Crippen LogP contribution in [0.15, 0.2) is 18.3 Å². The van der Waals surface area contributed by atoms with Crippen molar-refractivity contribution in [1.29, 1.82) is 5.26 Å². The number of ether oxygens (including phenoxy) is 1. The number of nitrogens with one attached hydrogen (secondary N) is 1.